The molecule has 1 aliphatic carbocycles. The number of hydrogen-bond acceptors (Lipinski definition) is 5. The van der Waals surface area contributed by atoms with Crippen LogP contribution >= 0.6 is 0 Å². The monoisotopic (exact) mass is 251 g/mol. The summed E-state index contributed by atoms with van der Waals surface area (Å²) >= 11 is 0. The lowest BCUT2D eigenvalue weighted by Crippen LogP contribution is -2.62. The van der Waals surface area contributed by atoms with Gasteiger partial charge in [-0.15, -0.1) is 0 Å². The summed E-state index contributed by atoms with van der Waals surface area (Å²) in [5, 5.41) is 10.2. The van der Waals surface area contributed by atoms with Gasteiger partial charge in [0.15, 0.2) is 0 Å². The van der Waals surface area contributed by atoms with Crippen molar-refractivity contribution in [2.45, 2.75) is 25.0 Å². The standard InChI is InChI=1S/C13H17NO4/c1-17-12(15)11-5-4-10(18-11)6-14-7-13(16,8-14)9-2-3-9/h4-5,9,16H,2-3,6-8H2,1H3. The van der Waals surface area contributed by atoms with E-state index in [1.54, 1.807) is 12.1 Å². The number of hydrogen-bond donors (Lipinski definition) is 1. The predicted molar refractivity (Wildman–Crippen MR) is 63.0 cm³/mol. The van der Waals surface area contributed by atoms with E-state index in [0.717, 1.165) is 18.6 Å². The van der Waals surface area contributed by atoms with E-state index in [0.29, 0.717) is 25.6 Å². The quantitative estimate of drug-likeness (QED) is 0.810. The minimum Gasteiger partial charge on any atom is -0.463 e. The summed E-state index contributed by atoms with van der Waals surface area (Å²) in [6, 6.07) is 3.40. The van der Waals surface area contributed by atoms with Crippen molar-refractivity contribution in [2.24, 2.45) is 5.92 Å². The number of esters is 1. The van der Waals surface area contributed by atoms with Crippen molar-refractivity contribution < 1.29 is 19.1 Å². The van der Waals surface area contributed by atoms with E-state index in [2.05, 4.69) is 9.64 Å². The van der Waals surface area contributed by atoms with Crippen LogP contribution in [0.3, 0.4) is 0 Å². The second-order valence-electron chi connectivity index (χ2n) is 5.28. The molecule has 0 unspecified atom stereocenters. The molecule has 1 aromatic heterocycles. The molecule has 1 N–H and O–H groups in total. The molecule has 0 amide bonds. The first-order valence-corrected chi connectivity index (χ1v) is 6.22. The van der Waals surface area contributed by atoms with Gasteiger partial charge in [-0.3, -0.25) is 4.90 Å². The third kappa shape index (κ3) is 2.04. The Labute approximate surface area is 105 Å². The summed E-state index contributed by atoms with van der Waals surface area (Å²) < 4.78 is 9.97. The molecule has 0 atom stereocenters. The van der Waals surface area contributed by atoms with Crippen LogP contribution < -0.4 is 0 Å². The molecule has 0 radical (unpaired) electrons. The average Bonchev–Trinajstić information content (AvgIpc) is 3.07. The first kappa shape index (κ1) is 11.7. The molecule has 0 aromatic carbocycles. The van der Waals surface area contributed by atoms with Gasteiger partial charge in [0.05, 0.1) is 19.3 Å². The molecule has 2 heterocycles. The summed E-state index contributed by atoms with van der Waals surface area (Å²) in [6.45, 7) is 2.03. The molecule has 0 bridgehead atoms. The maximum absolute atomic E-state index is 11.2. The first-order chi connectivity index (χ1) is 8.60. The Hall–Kier alpha value is -1.33. The average molecular weight is 251 g/mol. The molecular weight excluding hydrogens is 234 g/mol. The number of aliphatic hydroxyl groups is 1. The van der Waals surface area contributed by atoms with Crippen LogP contribution in [0.15, 0.2) is 16.5 Å². The first-order valence-electron chi connectivity index (χ1n) is 6.22. The SMILES string of the molecule is COC(=O)c1ccc(CN2CC(O)(C3CC3)C2)o1. The fraction of sp³-hybridized carbons (Fsp3) is 0.615. The third-order valence-electron chi connectivity index (χ3n) is 3.76. The van der Waals surface area contributed by atoms with Crippen LogP contribution in [0.25, 0.3) is 0 Å². The van der Waals surface area contributed by atoms with Gasteiger partial charge < -0.3 is 14.3 Å². The van der Waals surface area contributed by atoms with Gasteiger partial charge in [0.25, 0.3) is 0 Å². The van der Waals surface area contributed by atoms with Crippen molar-refractivity contribution >= 4 is 5.97 Å². The maximum Gasteiger partial charge on any atom is 0.373 e. The van der Waals surface area contributed by atoms with Crippen LogP contribution in [0.5, 0.6) is 0 Å². The molecule has 2 aliphatic rings. The van der Waals surface area contributed by atoms with E-state index in [-0.39, 0.29) is 5.76 Å². The zero-order valence-electron chi connectivity index (χ0n) is 10.4. The van der Waals surface area contributed by atoms with Crippen LogP contribution in [0.1, 0.15) is 29.2 Å². The minimum atomic E-state index is -0.474. The zero-order chi connectivity index (χ0) is 12.8. The molecular formula is C13H17NO4. The van der Waals surface area contributed by atoms with E-state index in [9.17, 15) is 9.90 Å². The molecule has 2 fully saturated rings. The smallest absolute Gasteiger partial charge is 0.373 e. The number of ether oxygens (including phenoxy) is 1. The fourth-order valence-corrected chi connectivity index (χ4v) is 2.61. The second kappa shape index (κ2) is 4.10. The van der Waals surface area contributed by atoms with Gasteiger partial charge in [-0.1, -0.05) is 0 Å². The largest absolute Gasteiger partial charge is 0.463 e. The lowest BCUT2D eigenvalue weighted by Gasteiger charge is -2.46. The molecule has 98 valence electrons. The topological polar surface area (TPSA) is 62.9 Å². The van der Waals surface area contributed by atoms with Crippen LogP contribution in [0.4, 0.5) is 0 Å². The van der Waals surface area contributed by atoms with E-state index >= 15 is 0 Å². The molecule has 5 nitrogen and oxygen atoms in total. The highest BCUT2D eigenvalue weighted by Crippen LogP contribution is 2.44. The van der Waals surface area contributed by atoms with Gasteiger partial charge >= 0.3 is 5.97 Å². The van der Waals surface area contributed by atoms with Gasteiger partial charge in [-0.2, -0.15) is 0 Å². The van der Waals surface area contributed by atoms with Crippen molar-refractivity contribution in [2.75, 3.05) is 20.2 Å². The number of methoxy groups -OCH3 is 1. The summed E-state index contributed by atoms with van der Waals surface area (Å²) in [6.07, 6.45) is 2.30. The van der Waals surface area contributed by atoms with Crippen molar-refractivity contribution in [1.29, 1.82) is 0 Å². The van der Waals surface area contributed by atoms with E-state index in [1.807, 2.05) is 0 Å². The van der Waals surface area contributed by atoms with Gasteiger partial charge in [0, 0.05) is 13.1 Å². The Kier molecular flexibility index (Phi) is 2.68. The zero-order valence-corrected chi connectivity index (χ0v) is 10.4. The molecule has 3 rings (SSSR count). The highest BCUT2D eigenvalue weighted by Gasteiger charge is 2.51. The van der Waals surface area contributed by atoms with Crippen molar-refractivity contribution in [1.82, 2.24) is 4.90 Å². The van der Waals surface area contributed by atoms with Crippen LogP contribution in [0, 0.1) is 5.92 Å². The summed E-state index contributed by atoms with van der Waals surface area (Å²) in [5.41, 5.74) is -0.474. The number of furan rings is 1. The molecule has 1 aromatic rings. The van der Waals surface area contributed by atoms with E-state index in [1.165, 1.54) is 7.11 Å². The van der Waals surface area contributed by atoms with Crippen molar-refractivity contribution in [3.63, 3.8) is 0 Å². The molecule has 0 spiro atoms. The maximum atomic E-state index is 11.2. The second-order valence-corrected chi connectivity index (χ2v) is 5.28. The van der Waals surface area contributed by atoms with Gasteiger partial charge in [0.1, 0.15) is 5.76 Å². The normalized spacial score (nSPS) is 22.6. The van der Waals surface area contributed by atoms with Crippen LogP contribution in [0.2, 0.25) is 0 Å². The van der Waals surface area contributed by atoms with Crippen LogP contribution in [-0.4, -0.2) is 41.8 Å². The number of carbonyl (C=O) groups is 1. The van der Waals surface area contributed by atoms with Crippen molar-refractivity contribution in [3.8, 4) is 0 Å². The van der Waals surface area contributed by atoms with Gasteiger partial charge in [0.2, 0.25) is 5.76 Å². The van der Waals surface area contributed by atoms with Crippen molar-refractivity contribution in [3.05, 3.63) is 23.7 Å². The lowest BCUT2D eigenvalue weighted by atomic mass is 9.89. The number of β-amino-alcohol motifs (C(OH)–C–C–N with tert-alkyl or cyclic N) is 1. The Morgan fingerprint density at radius 3 is 2.89 bits per heavy atom. The van der Waals surface area contributed by atoms with Crippen LogP contribution in [-0.2, 0) is 11.3 Å². The lowest BCUT2D eigenvalue weighted by molar-refractivity contribution is -0.118. The number of carbonyl (C=O) groups excluding carboxylic acids is 1. The number of rotatable bonds is 4. The Bertz CT molecular complexity index is 457. The number of likely N-dealkylation sites (tertiary alicyclic amines) is 1. The molecule has 1 aliphatic heterocycles. The highest BCUT2D eigenvalue weighted by atomic mass is 16.5. The summed E-state index contributed by atoms with van der Waals surface area (Å²) in [7, 11) is 1.33. The molecule has 1 saturated heterocycles. The van der Waals surface area contributed by atoms with Gasteiger partial charge in [-0.05, 0) is 30.9 Å². The number of nitrogens with zero attached hydrogens (tertiary/aromatic N) is 1. The fourth-order valence-electron chi connectivity index (χ4n) is 2.61. The Balaban J connectivity index is 1.55. The Morgan fingerprint density at radius 1 is 1.56 bits per heavy atom. The van der Waals surface area contributed by atoms with E-state index in [4.69, 9.17) is 4.42 Å². The third-order valence-corrected chi connectivity index (χ3v) is 3.76. The highest BCUT2D eigenvalue weighted by molar-refractivity contribution is 5.86. The van der Waals surface area contributed by atoms with E-state index < -0.39 is 11.6 Å². The molecule has 1 saturated carbocycles. The molecule has 5 heteroatoms. The summed E-state index contributed by atoms with van der Waals surface area (Å²) in [5.74, 6) is 0.994. The minimum absolute atomic E-state index is 0.227. The molecule has 18 heavy (non-hydrogen) atoms. The van der Waals surface area contributed by atoms with Gasteiger partial charge in [-0.25, -0.2) is 4.79 Å². The predicted octanol–water partition coefficient (Wildman–Crippen LogP) is 1.02. The summed E-state index contributed by atoms with van der Waals surface area (Å²) in [4.78, 5) is 13.4. The Morgan fingerprint density at radius 2 is 2.28 bits per heavy atom.